The molecule has 3 rings (SSSR count). The molecule has 0 aliphatic heterocycles. The molecular weight excluding hydrogens is 332 g/mol. The lowest BCUT2D eigenvalue weighted by molar-refractivity contribution is 0.217. The maximum Gasteiger partial charge on any atom is 0.0771 e. The molecule has 2 atom stereocenters. The molecule has 0 saturated carbocycles. The summed E-state index contributed by atoms with van der Waals surface area (Å²) in [4.78, 5) is 0. The second-order valence-corrected chi connectivity index (χ2v) is 21.8. The van der Waals surface area contributed by atoms with E-state index in [1.54, 1.807) is 21.5 Å². The van der Waals surface area contributed by atoms with Crippen molar-refractivity contribution in [3.63, 3.8) is 0 Å². The first-order chi connectivity index (χ1) is 11.2. The van der Waals surface area contributed by atoms with Crippen molar-refractivity contribution in [1.82, 2.24) is 0 Å². The van der Waals surface area contributed by atoms with Crippen LogP contribution in [0.15, 0.2) is 45.8 Å². The summed E-state index contributed by atoms with van der Waals surface area (Å²) in [5.74, 6) is 0.602. The molecule has 2 heteroatoms. The molecule has 0 aromatic carbocycles. The highest BCUT2D eigenvalue weighted by molar-refractivity contribution is 6.84. The molecule has 0 aromatic rings. The topological polar surface area (TPSA) is 0 Å². The van der Waals surface area contributed by atoms with Gasteiger partial charge in [0.2, 0.25) is 0 Å². The first kappa shape index (κ1) is 19.2. The second kappa shape index (κ2) is 5.69. The summed E-state index contributed by atoms with van der Waals surface area (Å²) in [5, 5.41) is 3.43. The highest BCUT2D eigenvalue weighted by atomic mass is 28.3. The molecule has 25 heavy (non-hydrogen) atoms. The summed E-state index contributed by atoms with van der Waals surface area (Å²) in [6.45, 7) is 22.5. The van der Waals surface area contributed by atoms with E-state index in [-0.39, 0.29) is 0 Å². The van der Waals surface area contributed by atoms with Crippen LogP contribution in [0.4, 0.5) is 0 Å². The Labute approximate surface area is 158 Å². The highest BCUT2D eigenvalue weighted by Crippen LogP contribution is 2.59. The van der Waals surface area contributed by atoms with Gasteiger partial charge in [-0.25, -0.2) is 0 Å². The molecule has 0 amide bonds. The summed E-state index contributed by atoms with van der Waals surface area (Å²) in [5.41, 5.74) is 4.15. The van der Waals surface area contributed by atoms with E-state index in [0.717, 1.165) is 0 Å². The van der Waals surface area contributed by atoms with Crippen LogP contribution in [0.25, 0.3) is 0 Å². The van der Waals surface area contributed by atoms with Crippen molar-refractivity contribution < 1.29 is 0 Å². The van der Waals surface area contributed by atoms with Gasteiger partial charge >= 0.3 is 0 Å². The zero-order valence-electron chi connectivity index (χ0n) is 18.0. The highest BCUT2D eigenvalue weighted by Gasteiger charge is 2.47. The van der Waals surface area contributed by atoms with Gasteiger partial charge in [-0.3, -0.25) is 0 Å². The van der Waals surface area contributed by atoms with Crippen molar-refractivity contribution >= 4 is 16.1 Å². The smallest absolute Gasteiger partial charge is 0.0771 e. The minimum Gasteiger partial charge on any atom is -0.0775 e. The lowest BCUT2D eigenvalue weighted by Crippen LogP contribution is -2.35. The van der Waals surface area contributed by atoms with E-state index in [1.165, 1.54) is 19.3 Å². The third-order valence-electron chi connectivity index (χ3n) is 7.11. The fraction of sp³-hybridized carbons (Fsp3) is 0.652. The predicted molar refractivity (Wildman–Crippen MR) is 118 cm³/mol. The zero-order chi connectivity index (χ0) is 18.8. The molecule has 0 spiro atoms. The molecule has 0 bridgehead atoms. The molecule has 0 radical (unpaired) electrons. The molecule has 3 aliphatic rings. The molecule has 0 nitrogen and oxygen atoms in total. The average Bonchev–Trinajstić information content (AvgIpc) is 3.09. The van der Waals surface area contributed by atoms with Crippen LogP contribution in [-0.2, 0) is 0 Å². The minimum absolute atomic E-state index is 0.320. The summed E-state index contributed by atoms with van der Waals surface area (Å²) < 4.78 is 0. The van der Waals surface area contributed by atoms with Crippen LogP contribution in [0, 0.1) is 16.7 Å². The Morgan fingerprint density at radius 2 is 1.56 bits per heavy atom. The zero-order valence-corrected chi connectivity index (χ0v) is 20.0. The summed E-state index contributed by atoms with van der Waals surface area (Å²) in [7, 11) is -2.44. The van der Waals surface area contributed by atoms with Crippen LogP contribution in [0.2, 0.25) is 39.3 Å². The largest absolute Gasteiger partial charge is 0.0775 e. The summed E-state index contributed by atoms with van der Waals surface area (Å²) in [6.07, 6.45) is 14.2. The molecule has 138 valence electrons. The quantitative estimate of drug-likeness (QED) is 0.457. The summed E-state index contributed by atoms with van der Waals surface area (Å²) in [6, 6.07) is 0. The fourth-order valence-electron chi connectivity index (χ4n) is 4.83. The van der Waals surface area contributed by atoms with Gasteiger partial charge in [-0.1, -0.05) is 100 Å². The number of hydrogen-bond acceptors (Lipinski definition) is 0. The van der Waals surface area contributed by atoms with E-state index in [4.69, 9.17) is 0 Å². The van der Waals surface area contributed by atoms with Crippen molar-refractivity contribution in [1.29, 1.82) is 0 Å². The van der Waals surface area contributed by atoms with Gasteiger partial charge in [0.1, 0.15) is 0 Å². The third kappa shape index (κ3) is 3.25. The van der Waals surface area contributed by atoms with E-state index >= 15 is 0 Å². The van der Waals surface area contributed by atoms with Crippen molar-refractivity contribution in [2.24, 2.45) is 16.7 Å². The molecule has 2 unspecified atom stereocenters. The normalized spacial score (nSPS) is 32.0. The Hall–Kier alpha value is -0.606. The van der Waals surface area contributed by atoms with Gasteiger partial charge in [-0.15, -0.1) is 0 Å². The maximum atomic E-state index is 2.64. The van der Waals surface area contributed by atoms with Crippen LogP contribution in [-0.4, -0.2) is 16.1 Å². The van der Waals surface area contributed by atoms with Crippen LogP contribution < -0.4 is 0 Å². The van der Waals surface area contributed by atoms with Crippen molar-refractivity contribution in [3.8, 4) is 0 Å². The lowest BCUT2D eigenvalue weighted by atomic mass is 9.59. The molecule has 0 aromatic heterocycles. The molecular formula is C23H38Si2. The summed E-state index contributed by atoms with van der Waals surface area (Å²) >= 11 is 0. The van der Waals surface area contributed by atoms with Gasteiger partial charge in [-0.2, -0.15) is 0 Å². The average molecular weight is 371 g/mol. The monoisotopic (exact) mass is 370 g/mol. The lowest BCUT2D eigenvalue weighted by Gasteiger charge is -2.46. The van der Waals surface area contributed by atoms with Crippen LogP contribution in [0.3, 0.4) is 0 Å². The third-order valence-corrected chi connectivity index (χ3v) is 11.4. The fourth-order valence-corrected chi connectivity index (χ4v) is 7.39. The van der Waals surface area contributed by atoms with E-state index in [2.05, 4.69) is 84.4 Å². The predicted octanol–water partition coefficient (Wildman–Crippen LogP) is 7.31. The Morgan fingerprint density at radius 1 is 0.920 bits per heavy atom. The van der Waals surface area contributed by atoms with Crippen molar-refractivity contribution in [2.45, 2.75) is 79.3 Å². The second-order valence-electron chi connectivity index (χ2n) is 11.5. The van der Waals surface area contributed by atoms with E-state index < -0.39 is 16.1 Å². The number of allylic oxidation sites excluding steroid dienone is 8. The van der Waals surface area contributed by atoms with Gasteiger partial charge in [0.05, 0.1) is 16.1 Å². The van der Waals surface area contributed by atoms with E-state index in [9.17, 15) is 0 Å². The van der Waals surface area contributed by atoms with Gasteiger partial charge < -0.3 is 0 Å². The van der Waals surface area contributed by atoms with Gasteiger partial charge in [0, 0.05) is 5.92 Å². The molecule has 3 aliphatic carbocycles. The Kier molecular flexibility index (Phi) is 4.36. The van der Waals surface area contributed by atoms with E-state index in [0.29, 0.717) is 16.7 Å². The van der Waals surface area contributed by atoms with Gasteiger partial charge in [0.25, 0.3) is 0 Å². The van der Waals surface area contributed by atoms with Crippen LogP contribution in [0.1, 0.15) is 40.0 Å². The van der Waals surface area contributed by atoms with Crippen molar-refractivity contribution in [2.75, 3.05) is 0 Å². The van der Waals surface area contributed by atoms with Gasteiger partial charge in [-0.05, 0) is 35.7 Å². The van der Waals surface area contributed by atoms with Crippen LogP contribution >= 0.6 is 0 Å². The van der Waals surface area contributed by atoms with Crippen LogP contribution in [0.5, 0.6) is 0 Å². The standard InChI is InChI=1S/C23H38Si2/c1-22(2)12-13-23(3,17-10-11-18(14-17)24(4,5)6)21-16-19(15-20(21)22)25(7,8)9/h10-11,14-15,17H,12-13,16H2,1-9H3. The Bertz CT molecular complexity index is 701. The molecule has 0 saturated heterocycles. The first-order valence-electron chi connectivity index (χ1n) is 10.1. The van der Waals surface area contributed by atoms with E-state index in [1.807, 2.05) is 0 Å². The molecule has 0 fully saturated rings. The SMILES string of the molecule is CC1(C)CCC(C)(C2C=CC([Si](C)(C)C)=C2)C2=C1C=C([Si](C)(C)C)C2. The Morgan fingerprint density at radius 3 is 2.08 bits per heavy atom. The molecule has 0 heterocycles. The minimum atomic E-state index is -1.23. The van der Waals surface area contributed by atoms with Crippen molar-refractivity contribution in [3.05, 3.63) is 45.8 Å². The first-order valence-corrected chi connectivity index (χ1v) is 17.1. The Balaban J connectivity index is 2.01. The number of rotatable bonds is 3. The maximum absolute atomic E-state index is 2.64. The van der Waals surface area contributed by atoms with Gasteiger partial charge in [0.15, 0.2) is 0 Å². The molecule has 0 N–H and O–H groups in total. The number of hydrogen-bond donors (Lipinski definition) is 0.